The van der Waals surface area contributed by atoms with Crippen LogP contribution in [0.4, 0.5) is 4.79 Å². The normalized spacial score (nSPS) is 19.4. The number of methoxy groups -OCH3 is 1. The van der Waals surface area contributed by atoms with Crippen molar-refractivity contribution in [1.82, 2.24) is 14.9 Å². The summed E-state index contributed by atoms with van der Waals surface area (Å²) in [5.41, 5.74) is -1.09. The minimum Gasteiger partial charge on any atom is -0.464 e. The maximum atomic E-state index is 13.6. The molecule has 10 nitrogen and oxygen atoms in total. The van der Waals surface area contributed by atoms with Gasteiger partial charge in [0.15, 0.2) is 5.69 Å². The molecule has 3 aromatic rings. The Morgan fingerprint density at radius 1 is 1.05 bits per heavy atom. The average Bonchev–Trinajstić information content (AvgIpc) is 3.26. The van der Waals surface area contributed by atoms with E-state index in [2.05, 4.69) is 10.3 Å². The van der Waals surface area contributed by atoms with Gasteiger partial charge in [-0.3, -0.25) is 9.36 Å². The quantitative estimate of drug-likeness (QED) is 0.509. The van der Waals surface area contributed by atoms with Crippen molar-refractivity contribution in [3.63, 3.8) is 0 Å². The largest absolute Gasteiger partial charge is 0.464 e. The molecular weight excluding hydrogens is 478 g/mol. The first-order valence-corrected chi connectivity index (χ1v) is 11.9. The number of benzene rings is 2. The molecule has 2 unspecified atom stereocenters. The fraction of sp³-hybridized carbons (Fsp3) is 0.296. The highest BCUT2D eigenvalue weighted by Crippen LogP contribution is 2.46. The second kappa shape index (κ2) is 9.88. The van der Waals surface area contributed by atoms with E-state index in [0.29, 0.717) is 19.4 Å². The molecule has 1 amide bonds. The van der Waals surface area contributed by atoms with Crippen molar-refractivity contribution in [3.8, 4) is 5.75 Å². The number of carbonyl (C=O) groups is 3. The summed E-state index contributed by atoms with van der Waals surface area (Å²) in [5.74, 6) is -1.95. The van der Waals surface area contributed by atoms with Gasteiger partial charge in [0.2, 0.25) is 5.75 Å². The molecule has 1 saturated carbocycles. The number of carbonyl (C=O) groups excluding carboxylic acids is 3. The number of esters is 2. The fourth-order valence-corrected chi connectivity index (χ4v) is 5.01. The Morgan fingerprint density at radius 3 is 2.46 bits per heavy atom. The smallest absolute Gasteiger partial charge is 0.408 e. The van der Waals surface area contributed by atoms with Crippen molar-refractivity contribution in [1.29, 1.82) is 0 Å². The van der Waals surface area contributed by atoms with Crippen molar-refractivity contribution in [2.45, 2.75) is 38.0 Å². The summed E-state index contributed by atoms with van der Waals surface area (Å²) in [5, 5.41) is 2.90. The fourth-order valence-electron chi connectivity index (χ4n) is 5.01. The summed E-state index contributed by atoms with van der Waals surface area (Å²) in [6.45, 7) is 0.398. The van der Waals surface area contributed by atoms with Gasteiger partial charge in [0.1, 0.15) is 18.0 Å². The van der Waals surface area contributed by atoms with E-state index in [1.54, 1.807) is 18.2 Å². The first-order valence-electron chi connectivity index (χ1n) is 11.9. The topological polar surface area (TPSA) is 126 Å². The molecule has 2 bridgehead atoms. The molecule has 0 spiro atoms. The molecular formula is C27H25N3O7. The number of nitrogens with one attached hydrogen (secondary N) is 1. The van der Waals surface area contributed by atoms with Crippen LogP contribution in [-0.4, -0.2) is 34.7 Å². The first kappa shape index (κ1) is 24.2. The number of fused-ring (bicyclic) bond motifs is 4. The lowest BCUT2D eigenvalue weighted by molar-refractivity contribution is 0.0581. The maximum Gasteiger partial charge on any atom is 0.408 e. The van der Waals surface area contributed by atoms with Gasteiger partial charge in [-0.2, -0.15) is 0 Å². The van der Waals surface area contributed by atoms with Gasteiger partial charge in [0.25, 0.3) is 5.56 Å². The summed E-state index contributed by atoms with van der Waals surface area (Å²) in [4.78, 5) is 56.2. The van der Waals surface area contributed by atoms with E-state index in [0.717, 1.165) is 19.1 Å². The van der Waals surface area contributed by atoms with E-state index in [4.69, 9.17) is 14.2 Å². The number of rotatable bonds is 6. The van der Waals surface area contributed by atoms with Crippen LogP contribution in [0.2, 0.25) is 0 Å². The second-order valence-corrected chi connectivity index (χ2v) is 9.15. The summed E-state index contributed by atoms with van der Waals surface area (Å²) >= 11 is 0. The summed E-state index contributed by atoms with van der Waals surface area (Å²) in [7, 11) is 1.14. The molecule has 1 aliphatic carbocycles. The zero-order valence-corrected chi connectivity index (χ0v) is 20.1. The zero-order valence-electron chi connectivity index (χ0n) is 20.1. The van der Waals surface area contributed by atoms with E-state index < -0.39 is 40.6 Å². The van der Waals surface area contributed by atoms with Crippen LogP contribution in [0.15, 0.2) is 65.5 Å². The Kier molecular flexibility index (Phi) is 6.47. The van der Waals surface area contributed by atoms with Gasteiger partial charge < -0.3 is 19.5 Å². The van der Waals surface area contributed by atoms with Crippen molar-refractivity contribution >= 4 is 18.0 Å². The second-order valence-electron chi connectivity index (χ2n) is 9.15. The van der Waals surface area contributed by atoms with Crippen molar-refractivity contribution in [3.05, 3.63) is 93.7 Å². The number of nitrogens with zero attached hydrogens (tertiary/aromatic N) is 2. The molecule has 1 aromatic heterocycles. The molecule has 2 aliphatic rings. The lowest BCUT2D eigenvalue weighted by Gasteiger charge is -2.35. The first-order chi connectivity index (χ1) is 17.9. The molecule has 1 N–H and O–H groups in total. The molecule has 37 heavy (non-hydrogen) atoms. The van der Waals surface area contributed by atoms with Crippen molar-refractivity contribution in [2.75, 3.05) is 7.11 Å². The molecule has 0 saturated heterocycles. The SMILES string of the molecule is COC(=O)c1nc2n(c(=O)c1OC(=O)c1ccccc1)CC1CCC2(NC(=O)OCc2ccccc2)C1. The van der Waals surface area contributed by atoms with Crippen LogP contribution >= 0.6 is 0 Å². The lowest BCUT2D eigenvalue weighted by Crippen LogP contribution is -2.51. The third-order valence-corrected chi connectivity index (χ3v) is 6.75. The van der Waals surface area contributed by atoms with Crippen LogP contribution in [0.5, 0.6) is 5.75 Å². The minimum absolute atomic E-state index is 0.0776. The van der Waals surface area contributed by atoms with Crippen LogP contribution in [0, 0.1) is 5.92 Å². The summed E-state index contributed by atoms with van der Waals surface area (Å²) in [6.07, 6.45) is 1.11. The summed E-state index contributed by atoms with van der Waals surface area (Å²) < 4.78 is 17.0. The van der Waals surface area contributed by atoms with Gasteiger partial charge in [-0.25, -0.2) is 19.4 Å². The average molecular weight is 504 g/mol. The third-order valence-electron chi connectivity index (χ3n) is 6.75. The Balaban J connectivity index is 1.49. The number of aromatic nitrogens is 2. The molecule has 190 valence electrons. The predicted octanol–water partition coefficient (Wildman–Crippen LogP) is 3.18. The van der Waals surface area contributed by atoms with Crippen LogP contribution in [0.1, 0.15) is 51.5 Å². The van der Waals surface area contributed by atoms with Gasteiger partial charge in [0, 0.05) is 6.54 Å². The molecule has 5 rings (SSSR count). The lowest BCUT2D eigenvalue weighted by atomic mass is 9.91. The molecule has 2 aromatic carbocycles. The highest BCUT2D eigenvalue weighted by atomic mass is 16.6. The van der Waals surface area contributed by atoms with E-state index in [-0.39, 0.29) is 23.9 Å². The Hall–Kier alpha value is -4.47. The maximum absolute atomic E-state index is 13.6. The summed E-state index contributed by atoms with van der Waals surface area (Å²) in [6, 6.07) is 17.4. The number of hydrogen-bond acceptors (Lipinski definition) is 8. The van der Waals surface area contributed by atoms with E-state index in [1.807, 2.05) is 30.3 Å². The van der Waals surface area contributed by atoms with Crippen LogP contribution in [-0.2, 0) is 28.2 Å². The van der Waals surface area contributed by atoms with E-state index in [9.17, 15) is 19.2 Å². The van der Waals surface area contributed by atoms with Gasteiger partial charge in [-0.15, -0.1) is 0 Å². The Morgan fingerprint density at radius 2 is 1.76 bits per heavy atom. The zero-order chi connectivity index (χ0) is 26.0. The molecule has 10 heteroatoms. The van der Waals surface area contributed by atoms with Gasteiger partial charge in [-0.1, -0.05) is 48.5 Å². The minimum atomic E-state index is -1.01. The number of amides is 1. The molecule has 1 fully saturated rings. The molecule has 1 aliphatic heterocycles. The highest BCUT2D eigenvalue weighted by molar-refractivity contribution is 5.94. The van der Waals surface area contributed by atoms with E-state index >= 15 is 0 Å². The third kappa shape index (κ3) is 4.69. The van der Waals surface area contributed by atoms with Gasteiger partial charge in [0.05, 0.1) is 12.7 Å². The molecule has 2 heterocycles. The number of ether oxygens (including phenoxy) is 3. The van der Waals surface area contributed by atoms with E-state index in [1.165, 1.54) is 16.7 Å². The van der Waals surface area contributed by atoms with Crippen molar-refractivity contribution in [2.24, 2.45) is 5.92 Å². The number of hydrogen-bond donors (Lipinski definition) is 1. The van der Waals surface area contributed by atoms with Crippen LogP contribution in [0.25, 0.3) is 0 Å². The van der Waals surface area contributed by atoms with Gasteiger partial charge >= 0.3 is 18.0 Å². The molecule has 2 atom stereocenters. The predicted molar refractivity (Wildman–Crippen MR) is 130 cm³/mol. The number of alkyl carbamates (subject to hydrolysis) is 1. The Bertz CT molecular complexity index is 1400. The highest BCUT2D eigenvalue weighted by Gasteiger charge is 2.50. The Labute approximate surface area is 212 Å². The van der Waals surface area contributed by atoms with Crippen molar-refractivity contribution < 1.29 is 28.6 Å². The monoisotopic (exact) mass is 503 g/mol. The standard InChI is InChI=1S/C27H25N3O7/c1-35-24(33)20-21(37-23(32)19-10-6-3-7-11-19)22(31)30-15-18-12-13-27(14-18,25(30)28-20)29-26(34)36-16-17-8-4-2-5-9-17/h2-11,18H,12-16H2,1H3,(H,29,34). The van der Waals surface area contributed by atoms with Crippen LogP contribution in [0.3, 0.4) is 0 Å². The van der Waals surface area contributed by atoms with Crippen LogP contribution < -0.4 is 15.6 Å². The molecule has 0 radical (unpaired) electrons. The van der Waals surface area contributed by atoms with Gasteiger partial charge in [-0.05, 0) is 42.9 Å².